The van der Waals surface area contributed by atoms with E-state index in [1.54, 1.807) is 18.2 Å². The minimum absolute atomic E-state index is 0.971. The van der Waals surface area contributed by atoms with Crippen LogP contribution in [0.15, 0.2) is 24.3 Å². The van der Waals surface area contributed by atoms with Gasteiger partial charge >= 0.3 is 0 Å². The van der Waals surface area contributed by atoms with Gasteiger partial charge in [-0.3, -0.25) is 0 Å². The van der Waals surface area contributed by atoms with Gasteiger partial charge in [0.25, 0.3) is 0 Å². The van der Waals surface area contributed by atoms with Gasteiger partial charge in [0.15, 0.2) is 6.10 Å². The Labute approximate surface area is 54.7 Å². The third kappa shape index (κ3) is 4.79. The summed E-state index contributed by atoms with van der Waals surface area (Å²) in [7, 11) is 0. The first-order chi connectivity index (χ1) is 4.31. The largest absolute Gasteiger partial charge is 0.374 e. The lowest BCUT2D eigenvalue weighted by atomic mass is 10.3. The minimum Gasteiger partial charge on any atom is -0.374 e. The zero-order valence-electron chi connectivity index (χ0n) is 5.28. The molecule has 0 saturated carbocycles. The van der Waals surface area contributed by atoms with Gasteiger partial charge in [0.2, 0.25) is 0 Å². The molecule has 0 fully saturated rings. The van der Waals surface area contributed by atoms with Crippen LogP contribution in [0.5, 0.6) is 0 Å². The van der Waals surface area contributed by atoms with E-state index in [0.717, 1.165) is 0 Å². The summed E-state index contributed by atoms with van der Waals surface area (Å²) in [4.78, 5) is 0. The van der Waals surface area contributed by atoms with Gasteiger partial charge < -0.3 is 5.11 Å². The SMILES string of the molecule is C/C=C/C=C/C(O)C#N. The summed E-state index contributed by atoms with van der Waals surface area (Å²) < 4.78 is 0. The Morgan fingerprint density at radius 1 is 1.56 bits per heavy atom. The molecule has 0 saturated heterocycles. The smallest absolute Gasteiger partial charge is 0.159 e. The van der Waals surface area contributed by atoms with E-state index in [1.807, 2.05) is 13.0 Å². The number of hydrogen-bond acceptors (Lipinski definition) is 2. The second-order valence-corrected chi connectivity index (χ2v) is 1.48. The molecule has 2 nitrogen and oxygen atoms in total. The first-order valence-electron chi connectivity index (χ1n) is 2.68. The summed E-state index contributed by atoms with van der Waals surface area (Å²) in [5, 5.41) is 16.7. The molecular weight excluding hydrogens is 114 g/mol. The molecule has 0 bridgehead atoms. The Bertz CT molecular complexity index is 153. The van der Waals surface area contributed by atoms with Crippen molar-refractivity contribution in [1.82, 2.24) is 0 Å². The zero-order chi connectivity index (χ0) is 7.11. The van der Waals surface area contributed by atoms with Gasteiger partial charge in [0.1, 0.15) is 0 Å². The van der Waals surface area contributed by atoms with Crippen molar-refractivity contribution in [1.29, 1.82) is 5.26 Å². The van der Waals surface area contributed by atoms with Crippen LogP contribution >= 0.6 is 0 Å². The van der Waals surface area contributed by atoms with Crippen LogP contribution in [0.1, 0.15) is 6.92 Å². The van der Waals surface area contributed by atoms with Crippen molar-refractivity contribution < 1.29 is 5.11 Å². The molecule has 0 radical (unpaired) electrons. The van der Waals surface area contributed by atoms with Crippen molar-refractivity contribution in [2.24, 2.45) is 0 Å². The first kappa shape index (κ1) is 7.93. The Balaban J connectivity index is 3.60. The number of aliphatic hydroxyl groups excluding tert-OH is 1. The molecule has 0 heterocycles. The first-order valence-corrected chi connectivity index (χ1v) is 2.68. The quantitative estimate of drug-likeness (QED) is 0.439. The number of allylic oxidation sites excluding steroid dienone is 3. The molecule has 48 valence electrons. The fraction of sp³-hybridized carbons (Fsp3) is 0.286. The van der Waals surface area contributed by atoms with Crippen molar-refractivity contribution in [2.75, 3.05) is 0 Å². The molecular formula is C7H9NO. The van der Waals surface area contributed by atoms with E-state index >= 15 is 0 Å². The molecule has 2 heteroatoms. The van der Waals surface area contributed by atoms with Gasteiger partial charge in [-0.25, -0.2) is 0 Å². The Morgan fingerprint density at radius 2 is 2.22 bits per heavy atom. The molecule has 9 heavy (non-hydrogen) atoms. The third-order valence-corrected chi connectivity index (χ3v) is 0.729. The molecule has 0 aliphatic rings. The Morgan fingerprint density at radius 3 is 2.67 bits per heavy atom. The summed E-state index contributed by atoms with van der Waals surface area (Å²) in [5.41, 5.74) is 0. The molecule has 0 rings (SSSR count). The van der Waals surface area contributed by atoms with Gasteiger partial charge in [-0.15, -0.1) is 0 Å². The molecule has 0 aliphatic heterocycles. The molecule has 0 amide bonds. The maximum Gasteiger partial charge on any atom is 0.159 e. The molecule has 0 aliphatic carbocycles. The standard InChI is InChI=1S/C7H9NO/c1-2-3-4-5-7(9)6-8/h2-5,7,9H,1H3/b3-2+,5-4+. The highest BCUT2D eigenvalue weighted by molar-refractivity contribution is 5.08. The third-order valence-electron chi connectivity index (χ3n) is 0.729. The van der Waals surface area contributed by atoms with E-state index in [1.165, 1.54) is 6.08 Å². The lowest BCUT2D eigenvalue weighted by Gasteiger charge is -1.85. The highest BCUT2D eigenvalue weighted by Crippen LogP contribution is 1.83. The van der Waals surface area contributed by atoms with E-state index in [9.17, 15) is 0 Å². The summed E-state index contributed by atoms with van der Waals surface area (Å²) in [6, 6.07) is 1.66. The number of aliphatic hydroxyl groups is 1. The van der Waals surface area contributed by atoms with Gasteiger partial charge in [0, 0.05) is 0 Å². The highest BCUT2D eigenvalue weighted by atomic mass is 16.3. The second-order valence-electron chi connectivity index (χ2n) is 1.48. The van der Waals surface area contributed by atoms with Crippen LogP contribution in [-0.2, 0) is 0 Å². The number of nitrogens with zero attached hydrogens (tertiary/aromatic N) is 1. The van der Waals surface area contributed by atoms with Gasteiger partial charge in [-0.1, -0.05) is 18.2 Å². The lowest BCUT2D eigenvalue weighted by Crippen LogP contribution is -1.94. The maximum atomic E-state index is 8.60. The molecule has 0 aromatic rings. The van der Waals surface area contributed by atoms with Crippen LogP contribution in [0.2, 0.25) is 0 Å². The van der Waals surface area contributed by atoms with Gasteiger partial charge in [-0.2, -0.15) is 5.26 Å². The molecule has 0 aromatic heterocycles. The molecule has 1 atom stereocenters. The van der Waals surface area contributed by atoms with Crippen LogP contribution in [0.4, 0.5) is 0 Å². The Hall–Kier alpha value is -1.07. The van der Waals surface area contributed by atoms with Crippen molar-refractivity contribution in [3.05, 3.63) is 24.3 Å². The van der Waals surface area contributed by atoms with Crippen LogP contribution < -0.4 is 0 Å². The summed E-state index contributed by atoms with van der Waals surface area (Å²) in [6.07, 6.45) is 5.65. The number of hydrogen-bond donors (Lipinski definition) is 1. The topological polar surface area (TPSA) is 44.0 Å². The summed E-state index contributed by atoms with van der Waals surface area (Å²) in [5.74, 6) is 0. The normalized spacial score (nSPS) is 14.3. The maximum absolute atomic E-state index is 8.60. The van der Waals surface area contributed by atoms with E-state index in [4.69, 9.17) is 10.4 Å². The average Bonchev–Trinajstić information content (AvgIpc) is 1.89. The second kappa shape index (κ2) is 5.07. The van der Waals surface area contributed by atoms with Gasteiger partial charge in [-0.05, 0) is 13.0 Å². The van der Waals surface area contributed by atoms with Crippen LogP contribution in [0, 0.1) is 11.3 Å². The van der Waals surface area contributed by atoms with E-state index in [-0.39, 0.29) is 0 Å². The van der Waals surface area contributed by atoms with Crippen molar-refractivity contribution >= 4 is 0 Å². The van der Waals surface area contributed by atoms with Crippen molar-refractivity contribution in [3.63, 3.8) is 0 Å². The predicted octanol–water partition coefficient (Wildman–Crippen LogP) is 1.00. The average molecular weight is 123 g/mol. The Kier molecular flexibility index (Phi) is 4.47. The fourth-order valence-electron chi connectivity index (χ4n) is 0.324. The summed E-state index contributed by atoms with van der Waals surface area (Å²) in [6.45, 7) is 1.86. The monoisotopic (exact) mass is 123 g/mol. The van der Waals surface area contributed by atoms with Crippen LogP contribution in [0.3, 0.4) is 0 Å². The van der Waals surface area contributed by atoms with Gasteiger partial charge in [0.05, 0.1) is 6.07 Å². The van der Waals surface area contributed by atoms with E-state index in [0.29, 0.717) is 0 Å². The highest BCUT2D eigenvalue weighted by Gasteiger charge is 1.88. The fourth-order valence-corrected chi connectivity index (χ4v) is 0.324. The number of rotatable bonds is 2. The van der Waals surface area contributed by atoms with Crippen molar-refractivity contribution in [2.45, 2.75) is 13.0 Å². The molecule has 0 spiro atoms. The van der Waals surface area contributed by atoms with E-state index in [2.05, 4.69) is 0 Å². The lowest BCUT2D eigenvalue weighted by molar-refractivity contribution is 0.278. The summed E-state index contributed by atoms with van der Waals surface area (Å²) >= 11 is 0. The van der Waals surface area contributed by atoms with Crippen LogP contribution in [0.25, 0.3) is 0 Å². The molecule has 1 N–H and O–H groups in total. The molecule has 0 aromatic carbocycles. The molecule has 1 unspecified atom stereocenters. The van der Waals surface area contributed by atoms with Crippen molar-refractivity contribution in [3.8, 4) is 6.07 Å². The van der Waals surface area contributed by atoms with E-state index < -0.39 is 6.10 Å². The number of nitriles is 1. The van der Waals surface area contributed by atoms with Crippen LogP contribution in [-0.4, -0.2) is 11.2 Å². The zero-order valence-corrected chi connectivity index (χ0v) is 5.28. The predicted molar refractivity (Wildman–Crippen MR) is 35.6 cm³/mol. The minimum atomic E-state index is -0.971.